The molecule has 0 spiro atoms. The van der Waals surface area contributed by atoms with Crippen LogP contribution in [0.2, 0.25) is 5.15 Å². The molecule has 0 radical (unpaired) electrons. The van der Waals surface area contributed by atoms with Gasteiger partial charge in [-0.3, -0.25) is 9.36 Å². The van der Waals surface area contributed by atoms with Crippen molar-refractivity contribution in [3.05, 3.63) is 23.2 Å². The number of fused-ring (bicyclic) bond motifs is 1. The quantitative estimate of drug-likeness (QED) is 0.579. The zero-order chi connectivity index (χ0) is 18.1. The van der Waals surface area contributed by atoms with Gasteiger partial charge in [0.1, 0.15) is 29.8 Å². The minimum atomic E-state index is -1.89. The number of aliphatic hydroxyl groups excluding tert-OH is 1. The molecule has 2 rings (SSSR count). The van der Waals surface area contributed by atoms with Gasteiger partial charge < -0.3 is 14.9 Å². The molecule has 2 aromatic heterocycles. The first-order valence-electron chi connectivity index (χ1n) is 7.28. The lowest BCUT2D eigenvalue weighted by Gasteiger charge is -2.20. The lowest BCUT2D eigenvalue weighted by molar-refractivity contribution is -0.181. The molecule has 9 heteroatoms. The largest absolute Gasteiger partial charge is 0.388 e. The number of Topliss-reactive ketones (excluding diaryl/α,β-unsaturated/α-hetero) is 1. The highest BCUT2D eigenvalue weighted by Gasteiger charge is 2.27. The van der Waals surface area contributed by atoms with E-state index in [1.165, 1.54) is 26.4 Å². The topological polar surface area (TPSA) is 97.5 Å². The second kappa shape index (κ2) is 7.10. The summed E-state index contributed by atoms with van der Waals surface area (Å²) in [6, 6.07) is 0. The van der Waals surface area contributed by atoms with Gasteiger partial charge in [0.05, 0.1) is 5.39 Å². The molecule has 0 saturated heterocycles. The molecule has 0 amide bonds. The van der Waals surface area contributed by atoms with Crippen molar-refractivity contribution in [2.24, 2.45) is 0 Å². The Morgan fingerprint density at radius 3 is 2.79 bits per heavy atom. The van der Waals surface area contributed by atoms with Gasteiger partial charge in [-0.05, 0) is 26.3 Å². The number of aryl methyl sites for hydroxylation is 1. The van der Waals surface area contributed by atoms with E-state index in [-0.39, 0.29) is 10.8 Å². The molecular formula is C15H19ClFN3O4. The minimum absolute atomic E-state index is 0.188. The number of aliphatic hydroxyl groups is 2. The Balaban J connectivity index is 2.13. The van der Waals surface area contributed by atoms with Crippen molar-refractivity contribution in [2.75, 3.05) is 6.61 Å². The van der Waals surface area contributed by atoms with Crippen molar-refractivity contribution in [3.8, 4) is 0 Å². The van der Waals surface area contributed by atoms with Crippen LogP contribution in [0, 0.1) is 6.92 Å². The fourth-order valence-electron chi connectivity index (χ4n) is 2.24. The second-order valence-electron chi connectivity index (χ2n) is 6.00. The van der Waals surface area contributed by atoms with E-state index in [0.29, 0.717) is 10.9 Å². The van der Waals surface area contributed by atoms with Gasteiger partial charge in [0.15, 0.2) is 11.6 Å². The van der Waals surface area contributed by atoms with Crippen molar-refractivity contribution < 1.29 is 24.1 Å². The van der Waals surface area contributed by atoms with E-state index in [2.05, 4.69) is 9.97 Å². The van der Waals surface area contributed by atoms with Gasteiger partial charge >= 0.3 is 0 Å². The highest BCUT2D eigenvalue weighted by Crippen LogP contribution is 2.29. The van der Waals surface area contributed by atoms with E-state index in [1.54, 1.807) is 6.92 Å². The molecular weight excluding hydrogens is 341 g/mol. The number of nitrogens with zero attached hydrogens (tertiary/aromatic N) is 3. The Bertz CT molecular complexity index is 744. The standard InChI is InChI=1S/C15H19ClFN3O4/c1-8-5-20(14-11(8)12(16)18-7-19-14)13(17)10(22)4-9(21)6-24-15(2,3)23/h5,7,10,13,22-23H,4,6H2,1-3H3. The number of hydrogen-bond donors (Lipinski definition) is 2. The molecule has 2 atom stereocenters. The summed E-state index contributed by atoms with van der Waals surface area (Å²) >= 11 is 5.98. The maximum Gasteiger partial charge on any atom is 0.203 e. The third kappa shape index (κ3) is 4.27. The summed E-state index contributed by atoms with van der Waals surface area (Å²) in [6.45, 7) is 4.03. The van der Waals surface area contributed by atoms with Crippen molar-refractivity contribution in [2.45, 2.75) is 45.4 Å². The fourth-order valence-corrected chi connectivity index (χ4v) is 2.52. The van der Waals surface area contributed by atoms with Gasteiger partial charge in [0.25, 0.3) is 0 Å². The maximum absolute atomic E-state index is 14.6. The third-order valence-corrected chi connectivity index (χ3v) is 3.65. The van der Waals surface area contributed by atoms with Gasteiger partial charge in [-0.25, -0.2) is 14.4 Å². The monoisotopic (exact) mass is 359 g/mol. The normalized spacial score (nSPS) is 14.8. The molecule has 0 saturated carbocycles. The average molecular weight is 360 g/mol. The van der Waals surface area contributed by atoms with Gasteiger partial charge in [-0.15, -0.1) is 0 Å². The zero-order valence-electron chi connectivity index (χ0n) is 13.5. The number of halogens is 2. The summed E-state index contributed by atoms with van der Waals surface area (Å²) in [5, 5.41) is 20.1. The fraction of sp³-hybridized carbons (Fsp3) is 0.533. The van der Waals surface area contributed by atoms with Crippen LogP contribution in [-0.4, -0.2) is 49.0 Å². The lowest BCUT2D eigenvalue weighted by atomic mass is 10.1. The summed E-state index contributed by atoms with van der Waals surface area (Å²) in [5.41, 5.74) is 0.890. The van der Waals surface area contributed by atoms with E-state index in [4.69, 9.17) is 16.3 Å². The number of rotatable bonds is 7. The minimum Gasteiger partial charge on any atom is -0.388 e. The van der Waals surface area contributed by atoms with E-state index in [1.807, 2.05) is 0 Å². The van der Waals surface area contributed by atoms with Crippen LogP contribution in [0.3, 0.4) is 0 Å². The van der Waals surface area contributed by atoms with Crippen LogP contribution in [0.15, 0.2) is 12.5 Å². The Morgan fingerprint density at radius 2 is 2.17 bits per heavy atom. The van der Waals surface area contributed by atoms with E-state index in [0.717, 1.165) is 4.57 Å². The number of hydrogen-bond acceptors (Lipinski definition) is 6. The molecule has 0 aliphatic rings. The van der Waals surface area contributed by atoms with Gasteiger partial charge in [0.2, 0.25) is 6.30 Å². The van der Waals surface area contributed by atoms with Crippen molar-refractivity contribution >= 4 is 28.4 Å². The molecule has 2 unspecified atom stereocenters. The highest BCUT2D eigenvalue weighted by atomic mass is 35.5. The van der Waals surface area contributed by atoms with Crippen LogP contribution < -0.4 is 0 Å². The molecule has 132 valence electrons. The average Bonchev–Trinajstić information content (AvgIpc) is 2.82. The summed E-state index contributed by atoms with van der Waals surface area (Å²) in [7, 11) is 0. The molecule has 0 aromatic carbocycles. The van der Waals surface area contributed by atoms with E-state index in [9.17, 15) is 19.4 Å². The van der Waals surface area contributed by atoms with Crippen LogP contribution in [0.25, 0.3) is 11.0 Å². The Kier molecular flexibility index (Phi) is 5.54. The highest BCUT2D eigenvalue weighted by molar-refractivity contribution is 6.34. The summed E-state index contributed by atoms with van der Waals surface area (Å²) in [5.74, 6) is -2.01. The smallest absolute Gasteiger partial charge is 0.203 e. The Morgan fingerprint density at radius 1 is 1.50 bits per heavy atom. The van der Waals surface area contributed by atoms with Crippen LogP contribution >= 0.6 is 11.6 Å². The van der Waals surface area contributed by atoms with Crippen molar-refractivity contribution in [3.63, 3.8) is 0 Å². The van der Waals surface area contributed by atoms with Crippen LogP contribution in [0.5, 0.6) is 0 Å². The van der Waals surface area contributed by atoms with Gasteiger partial charge in [-0.2, -0.15) is 0 Å². The van der Waals surface area contributed by atoms with Crippen LogP contribution in [-0.2, 0) is 9.53 Å². The first-order chi connectivity index (χ1) is 11.1. The number of aromatic nitrogens is 3. The number of alkyl halides is 1. The predicted octanol–water partition coefficient (Wildman–Crippen LogP) is 1.93. The summed E-state index contributed by atoms with van der Waals surface area (Å²) < 4.78 is 20.6. The number of carbonyl (C=O) groups excluding carboxylic acids is 1. The predicted molar refractivity (Wildman–Crippen MR) is 85.3 cm³/mol. The molecule has 2 N–H and O–H groups in total. The van der Waals surface area contributed by atoms with Gasteiger partial charge in [-0.1, -0.05) is 11.6 Å². The molecule has 0 fully saturated rings. The van der Waals surface area contributed by atoms with Gasteiger partial charge in [0, 0.05) is 12.6 Å². The van der Waals surface area contributed by atoms with Crippen LogP contribution in [0.1, 0.15) is 32.1 Å². The molecule has 2 heterocycles. The number of ether oxygens (including phenoxy) is 1. The Hall–Kier alpha value is -1.61. The SMILES string of the molecule is Cc1cn(C(F)C(O)CC(=O)COC(C)(C)O)c2ncnc(Cl)c12. The first kappa shape index (κ1) is 18.7. The third-order valence-electron chi connectivity index (χ3n) is 3.36. The number of ketones is 1. The van der Waals surface area contributed by atoms with E-state index < -0.39 is 37.0 Å². The molecule has 24 heavy (non-hydrogen) atoms. The summed E-state index contributed by atoms with van der Waals surface area (Å²) in [4.78, 5) is 19.6. The van der Waals surface area contributed by atoms with Crippen LogP contribution in [0.4, 0.5) is 4.39 Å². The molecule has 7 nitrogen and oxygen atoms in total. The molecule has 0 aliphatic carbocycles. The number of carbonyl (C=O) groups is 1. The van der Waals surface area contributed by atoms with Crippen molar-refractivity contribution in [1.29, 1.82) is 0 Å². The molecule has 2 aromatic rings. The maximum atomic E-state index is 14.6. The van der Waals surface area contributed by atoms with E-state index >= 15 is 0 Å². The second-order valence-corrected chi connectivity index (χ2v) is 6.36. The zero-order valence-corrected chi connectivity index (χ0v) is 14.3. The summed E-state index contributed by atoms with van der Waals surface area (Å²) in [6.07, 6.45) is -1.29. The van der Waals surface area contributed by atoms with Crippen molar-refractivity contribution in [1.82, 2.24) is 14.5 Å². The lowest BCUT2D eigenvalue weighted by Crippen LogP contribution is -2.30. The molecule has 0 bridgehead atoms. The first-order valence-corrected chi connectivity index (χ1v) is 7.65. The molecule has 0 aliphatic heterocycles. The Labute approximate surface area is 143 Å².